The maximum Gasteiger partial charge on any atom is 0.270 e. The second-order valence-corrected chi connectivity index (χ2v) is 9.59. The number of benzene rings is 2. The molecule has 0 aliphatic rings. The molecular formula is C24H26N6OS2. The third kappa shape index (κ3) is 6.28. The van der Waals surface area contributed by atoms with E-state index >= 15 is 0 Å². The largest absolute Gasteiger partial charge is 0.349 e. The van der Waals surface area contributed by atoms with Crippen LogP contribution in [0.15, 0.2) is 71.2 Å². The number of hydrogen-bond acceptors (Lipinski definition) is 7. The number of rotatable bonds is 10. The van der Waals surface area contributed by atoms with Crippen molar-refractivity contribution in [2.45, 2.75) is 17.3 Å². The fourth-order valence-electron chi connectivity index (χ4n) is 3.21. The van der Waals surface area contributed by atoms with Crippen molar-refractivity contribution in [1.29, 1.82) is 0 Å². The van der Waals surface area contributed by atoms with E-state index in [0.717, 1.165) is 28.2 Å². The molecule has 0 atom stereocenters. The van der Waals surface area contributed by atoms with Crippen LogP contribution < -0.4 is 5.32 Å². The standard InChI is InChI=1S/C24H26N6OS2/c1-29(2)14-13-25-23(31)20-16-32-22(26-20)17-33-24-28-27-21(15-18-9-5-3-6-10-18)30(24)19-11-7-4-8-12-19/h3-12,16H,13-15,17H2,1-2H3,(H,25,31). The van der Waals surface area contributed by atoms with Crippen molar-refractivity contribution < 1.29 is 4.79 Å². The van der Waals surface area contributed by atoms with E-state index in [2.05, 4.69) is 49.3 Å². The van der Waals surface area contributed by atoms with Gasteiger partial charge < -0.3 is 10.2 Å². The second-order valence-electron chi connectivity index (χ2n) is 7.71. The minimum absolute atomic E-state index is 0.137. The van der Waals surface area contributed by atoms with Crippen molar-refractivity contribution >= 4 is 29.0 Å². The van der Waals surface area contributed by atoms with Crippen molar-refractivity contribution in [1.82, 2.24) is 30.0 Å². The van der Waals surface area contributed by atoms with Gasteiger partial charge in [-0.3, -0.25) is 9.36 Å². The lowest BCUT2D eigenvalue weighted by atomic mass is 10.1. The van der Waals surface area contributed by atoms with Crippen molar-refractivity contribution in [3.63, 3.8) is 0 Å². The summed E-state index contributed by atoms with van der Waals surface area (Å²) in [6, 6.07) is 20.4. The predicted molar refractivity (Wildman–Crippen MR) is 133 cm³/mol. The predicted octanol–water partition coefficient (Wildman–Crippen LogP) is 3.90. The van der Waals surface area contributed by atoms with Crippen LogP contribution in [-0.2, 0) is 12.2 Å². The molecule has 0 aliphatic carbocycles. The van der Waals surface area contributed by atoms with Crippen LogP contribution in [0.3, 0.4) is 0 Å². The molecule has 0 saturated heterocycles. The number of thioether (sulfide) groups is 1. The summed E-state index contributed by atoms with van der Waals surface area (Å²) in [6.07, 6.45) is 0.692. The third-order valence-electron chi connectivity index (χ3n) is 4.87. The summed E-state index contributed by atoms with van der Waals surface area (Å²) in [4.78, 5) is 18.9. The number of hydrogen-bond donors (Lipinski definition) is 1. The zero-order chi connectivity index (χ0) is 23.0. The number of thiazole rings is 1. The maximum atomic E-state index is 12.3. The molecule has 2 aromatic carbocycles. The molecule has 0 fully saturated rings. The van der Waals surface area contributed by atoms with E-state index in [1.165, 1.54) is 16.9 Å². The Kier molecular flexibility index (Phi) is 7.87. The van der Waals surface area contributed by atoms with Gasteiger partial charge in [0.05, 0.1) is 5.75 Å². The first kappa shape index (κ1) is 23.2. The highest BCUT2D eigenvalue weighted by molar-refractivity contribution is 7.98. The lowest BCUT2D eigenvalue weighted by molar-refractivity contribution is 0.0946. The van der Waals surface area contributed by atoms with E-state index in [1.807, 2.05) is 60.8 Å². The van der Waals surface area contributed by atoms with Crippen LogP contribution in [-0.4, -0.2) is 57.7 Å². The molecule has 0 radical (unpaired) electrons. The van der Waals surface area contributed by atoms with Crippen LogP contribution in [0.5, 0.6) is 0 Å². The summed E-state index contributed by atoms with van der Waals surface area (Å²) in [5.41, 5.74) is 2.67. The van der Waals surface area contributed by atoms with Gasteiger partial charge >= 0.3 is 0 Å². The quantitative estimate of drug-likeness (QED) is 0.349. The van der Waals surface area contributed by atoms with Gasteiger partial charge in [0.25, 0.3) is 5.91 Å². The topological polar surface area (TPSA) is 75.9 Å². The number of carbonyl (C=O) groups is 1. The van der Waals surface area contributed by atoms with Gasteiger partial charge in [-0.15, -0.1) is 21.5 Å². The molecule has 2 heterocycles. The Morgan fingerprint density at radius 3 is 2.52 bits per heavy atom. The molecule has 170 valence electrons. The summed E-state index contributed by atoms with van der Waals surface area (Å²) >= 11 is 3.06. The Hall–Kier alpha value is -3.01. The summed E-state index contributed by atoms with van der Waals surface area (Å²) in [7, 11) is 3.95. The number of nitrogens with one attached hydrogen (secondary N) is 1. The molecule has 0 saturated carbocycles. The van der Waals surface area contributed by atoms with E-state index in [-0.39, 0.29) is 5.91 Å². The Morgan fingerprint density at radius 2 is 1.79 bits per heavy atom. The van der Waals surface area contributed by atoms with E-state index in [4.69, 9.17) is 0 Å². The smallest absolute Gasteiger partial charge is 0.270 e. The third-order valence-corrected chi connectivity index (χ3v) is 6.85. The Morgan fingerprint density at radius 1 is 1.06 bits per heavy atom. The van der Waals surface area contributed by atoms with Gasteiger partial charge in [-0.05, 0) is 31.8 Å². The molecule has 0 spiro atoms. The van der Waals surface area contributed by atoms with Gasteiger partial charge in [0, 0.05) is 30.6 Å². The number of aromatic nitrogens is 4. The van der Waals surface area contributed by atoms with E-state index in [9.17, 15) is 4.79 Å². The Balaban J connectivity index is 1.47. The monoisotopic (exact) mass is 478 g/mol. The minimum atomic E-state index is -0.137. The summed E-state index contributed by atoms with van der Waals surface area (Å²) < 4.78 is 2.10. The fraction of sp³-hybridized carbons (Fsp3) is 0.250. The highest BCUT2D eigenvalue weighted by Gasteiger charge is 2.17. The van der Waals surface area contributed by atoms with Gasteiger partial charge in [0.1, 0.15) is 16.5 Å². The van der Waals surface area contributed by atoms with Crippen molar-refractivity contribution in [3.05, 3.63) is 88.1 Å². The van der Waals surface area contributed by atoms with Gasteiger partial charge in [0.15, 0.2) is 5.16 Å². The number of carbonyl (C=O) groups excluding carboxylic acids is 1. The zero-order valence-electron chi connectivity index (χ0n) is 18.6. The highest BCUT2D eigenvalue weighted by atomic mass is 32.2. The summed E-state index contributed by atoms with van der Waals surface area (Å²) in [5.74, 6) is 1.36. The molecular weight excluding hydrogens is 452 g/mol. The van der Waals surface area contributed by atoms with Gasteiger partial charge in [-0.1, -0.05) is 60.3 Å². The van der Waals surface area contributed by atoms with Gasteiger partial charge in [-0.2, -0.15) is 0 Å². The number of para-hydroxylation sites is 1. The first-order chi connectivity index (χ1) is 16.1. The fourth-order valence-corrected chi connectivity index (χ4v) is 4.98. The van der Waals surface area contributed by atoms with Crippen molar-refractivity contribution in [3.8, 4) is 5.69 Å². The first-order valence-corrected chi connectivity index (χ1v) is 12.5. The molecule has 33 heavy (non-hydrogen) atoms. The molecule has 9 heteroatoms. The lowest BCUT2D eigenvalue weighted by Gasteiger charge is -2.10. The molecule has 4 rings (SSSR count). The SMILES string of the molecule is CN(C)CCNC(=O)c1csc(CSc2nnc(Cc3ccccc3)n2-c2ccccc2)n1. The van der Waals surface area contributed by atoms with Crippen LogP contribution in [0.1, 0.15) is 26.9 Å². The highest BCUT2D eigenvalue weighted by Crippen LogP contribution is 2.27. The van der Waals surface area contributed by atoms with Gasteiger partial charge in [0.2, 0.25) is 0 Å². The van der Waals surface area contributed by atoms with Crippen molar-refractivity contribution in [2.75, 3.05) is 27.2 Å². The molecule has 1 amide bonds. The number of nitrogens with zero attached hydrogens (tertiary/aromatic N) is 5. The molecule has 2 aromatic heterocycles. The molecule has 0 unspecified atom stereocenters. The number of likely N-dealkylation sites (N-methyl/N-ethyl adjacent to an activating group) is 1. The molecule has 1 N–H and O–H groups in total. The average molecular weight is 479 g/mol. The van der Waals surface area contributed by atoms with E-state index in [0.29, 0.717) is 24.4 Å². The molecule has 4 aromatic rings. The Bertz CT molecular complexity index is 1170. The normalized spacial score (nSPS) is 11.1. The number of amides is 1. The van der Waals surface area contributed by atoms with Crippen LogP contribution in [0.25, 0.3) is 5.69 Å². The minimum Gasteiger partial charge on any atom is -0.349 e. The average Bonchev–Trinajstić information content (AvgIpc) is 3.46. The zero-order valence-corrected chi connectivity index (χ0v) is 20.3. The second kappa shape index (κ2) is 11.2. The van der Waals surface area contributed by atoms with Crippen molar-refractivity contribution in [2.24, 2.45) is 0 Å². The molecule has 0 bridgehead atoms. The van der Waals surface area contributed by atoms with Crippen LogP contribution in [0.4, 0.5) is 0 Å². The van der Waals surface area contributed by atoms with Crippen LogP contribution in [0, 0.1) is 0 Å². The molecule has 7 nitrogen and oxygen atoms in total. The van der Waals surface area contributed by atoms with Crippen LogP contribution >= 0.6 is 23.1 Å². The summed E-state index contributed by atoms with van der Waals surface area (Å²) in [6.45, 7) is 1.39. The first-order valence-electron chi connectivity index (χ1n) is 10.6. The van der Waals surface area contributed by atoms with E-state index in [1.54, 1.807) is 11.8 Å². The summed E-state index contributed by atoms with van der Waals surface area (Å²) in [5, 5.41) is 15.4. The van der Waals surface area contributed by atoms with Gasteiger partial charge in [-0.25, -0.2) is 4.98 Å². The maximum absolute atomic E-state index is 12.3. The Labute approximate surface area is 201 Å². The molecule has 0 aliphatic heterocycles. The van der Waals surface area contributed by atoms with E-state index < -0.39 is 0 Å². The van der Waals surface area contributed by atoms with Crippen LogP contribution in [0.2, 0.25) is 0 Å². The lowest BCUT2D eigenvalue weighted by Crippen LogP contribution is -2.31.